The fraction of sp³-hybridized carbons (Fsp3) is 0.417. The number of hydrogen-bond acceptors (Lipinski definition) is 0. The quantitative estimate of drug-likeness (QED) is 0.467. The number of allylic oxidation sites excluding steroid dienone is 1. The summed E-state index contributed by atoms with van der Waals surface area (Å²) < 4.78 is 42.8. The van der Waals surface area contributed by atoms with Crippen LogP contribution in [0, 0.1) is 26.2 Å². The number of halogens is 3. The molecule has 0 aliphatic carbocycles. The van der Waals surface area contributed by atoms with E-state index >= 15 is 0 Å². The van der Waals surface area contributed by atoms with Crippen LogP contribution in [0.4, 0.5) is 13.2 Å². The Hall–Kier alpha value is -2.03. The van der Waals surface area contributed by atoms with Gasteiger partial charge in [0.1, 0.15) is 0 Å². The summed E-state index contributed by atoms with van der Waals surface area (Å²) in [5.74, 6) is 0. The molecule has 0 heterocycles. The molecular formula is C24H29F3. The van der Waals surface area contributed by atoms with E-state index in [9.17, 15) is 13.2 Å². The summed E-state index contributed by atoms with van der Waals surface area (Å²) in [6.45, 7) is 13.2. The molecule has 146 valence electrons. The van der Waals surface area contributed by atoms with Crippen LogP contribution in [0.2, 0.25) is 0 Å². The third kappa shape index (κ3) is 4.63. The van der Waals surface area contributed by atoms with E-state index in [4.69, 9.17) is 0 Å². The van der Waals surface area contributed by atoms with Crippen molar-refractivity contribution in [2.24, 2.45) is 5.41 Å². The molecule has 0 spiro atoms. The fourth-order valence-corrected chi connectivity index (χ4v) is 3.70. The summed E-state index contributed by atoms with van der Waals surface area (Å²) in [5, 5.41) is 0. The normalized spacial score (nSPS) is 14.7. The largest absolute Gasteiger partial charge is 0.398 e. The van der Waals surface area contributed by atoms with Crippen molar-refractivity contribution in [1.29, 1.82) is 0 Å². The van der Waals surface area contributed by atoms with Gasteiger partial charge in [0.25, 0.3) is 0 Å². The minimum atomic E-state index is -4.38. The standard InChI is InChI=1S/C24H29F3/c1-7-23(24(25,26)27,15-20-11-10-18(3)19(4)14-20)16-22(5,6)21-12-8-17(2)9-13-21/h7-14H,1,15-16H2,2-6H3. The zero-order valence-electron chi connectivity index (χ0n) is 16.9. The van der Waals surface area contributed by atoms with Gasteiger partial charge in [-0.2, -0.15) is 13.2 Å². The molecule has 1 unspecified atom stereocenters. The summed E-state index contributed by atoms with van der Waals surface area (Å²) in [7, 11) is 0. The molecule has 2 aromatic carbocycles. The predicted molar refractivity (Wildman–Crippen MR) is 107 cm³/mol. The molecule has 0 aromatic heterocycles. The van der Waals surface area contributed by atoms with E-state index in [2.05, 4.69) is 6.58 Å². The molecule has 0 fully saturated rings. The van der Waals surface area contributed by atoms with Gasteiger partial charge in [-0.25, -0.2) is 0 Å². The summed E-state index contributed by atoms with van der Waals surface area (Å²) in [6.07, 6.45) is -3.42. The maximum Gasteiger partial charge on any atom is 0.398 e. The molecule has 0 aliphatic heterocycles. The van der Waals surface area contributed by atoms with Crippen LogP contribution in [-0.4, -0.2) is 6.18 Å². The van der Waals surface area contributed by atoms with Gasteiger partial charge >= 0.3 is 6.18 Å². The highest BCUT2D eigenvalue weighted by atomic mass is 19.4. The third-order valence-corrected chi connectivity index (χ3v) is 5.64. The van der Waals surface area contributed by atoms with Gasteiger partial charge in [0, 0.05) is 0 Å². The Balaban J connectivity index is 2.45. The summed E-state index contributed by atoms with van der Waals surface area (Å²) in [5.41, 5.74) is 2.15. The summed E-state index contributed by atoms with van der Waals surface area (Å²) in [4.78, 5) is 0. The molecule has 0 saturated heterocycles. The molecular weight excluding hydrogens is 345 g/mol. The Kier molecular flexibility index (Phi) is 5.94. The molecule has 0 bridgehead atoms. The van der Waals surface area contributed by atoms with Crippen molar-refractivity contribution in [1.82, 2.24) is 0 Å². The van der Waals surface area contributed by atoms with E-state index in [-0.39, 0.29) is 12.8 Å². The van der Waals surface area contributed by atoms with Crippen LogP contribution in [0.15, 0.2) is 55.1 Å². The van der Waals surface area contributed by atoms with Gasteiger partial charge in [0.15, 0.2) is 0 Å². The van der Waals surface area contributed by atoms with Crippen molar-refractivity contribution in [3.05, 3.63) is 82.9 Å². The molecule has 0 nitrogen and oxygen atoms in total. The van der Waals surface area contributed by atoms with Crippen LogP contribution in [0.25, 0.3) is 0 Å². The summed E-state index contributed by atoms with van der Waals surface area (Å²) in [6, 6.07) is 13.3. The van der Waals surface area contributed by atoms with E-state index in [1.54, 1.807) is 6.07 Å². The van der Waals surface area contributed by atoms with Crippen LogP contribution in [0.3, 0.4) is 0 Å². The molecule has 0 saturated carbocycles. The van der Waals surface area contributed by atoms with Gasteiger partial charge < -0.3 is 0 Å². The highest BCUT2D eigenvalue weighted by Crippen LogP contribution is 2.50. The number of benzene rings is 2. The SMILES string of the molecule is C=CC(Cc1ccc(C)c(C)c1)(CC(C)(C)c1ccc(C)cc1)C(F)(F)F. The minimum Gasteiger partial charge on any atom is -0.170 e. The molecule has 0 amide bonds. The van der Waals surface area contributed by atoms with E-state index in [1.165, 1.54) is 0 Å². The lowest BCUT2D eigenvalue weighted by Gasteiger charge is -2.40. The molecule has 27 heavy (non-hydrogen) atoms. The van der Waals surface area contributed by atoms with E-state index in [1.807, 2.05) is 71.0 Å². The van der Waals surface area contributed by atoms with E-state index in [0.29, 0.717) is 5.56 Å². The number of rotatable bonds is 6. The van der Waals surface area contributed by atoms with Gasteiger partial charge in [-0.05, 0) is 61.3 Å². The molecule has 3 heteroatoms. The predicted octanol–water partition coefficient (Wildman–Crippen LogP) is 7.26. The van der Waals surface area contributed by atoms with Gasteiger partial charge in [-0.3, -0.25) is 0 Å². The second kappa shape index (κ2) is 7.53. The molecule has 2 rings (SSSR count). The van der Waals surface area contributed by atoms with Crippen LogP contribution in [0.5, 0.6) is 0 Å². The smallest absolute Gasteiger partial charge is 0.170 e. The van der Waals surface area contributed by atoms with Crippen LogP contribution < -0.4 is 0 Å². The van der Waals surface area contributed by atoms with Crippen LogP contribution in [-0.2, 0) is 11.8 Å². The Labute approximate surface area is 161 Å². The summed E-state index contributed by atoms with van der Waals surface area (Å²) >= 11 is 0. The first-order valence-corrected chi connectivity index (χ1v) is 9.24. The second-order valence-corrected chi connectivity index (χ2v) is 8.38. The van der Waals surface area contributed by atoms with Crippen molar-refractivity contribution < 1.29 is 13.2 Å². The van der Waals surface area contributed by atoms with Gasteiger partial charge in [-0.1, -0.05) is 68.0 Å². The van der Waals surface area contributed by atoms with Gasteiger partial charge in [0.05, 0.1) is 5.41 Å². The maximum absolute atomic E-state index is 14.3. The monoisotopic (exact) mass is 374 g/mol. The zero-order chi connectivity index (χ0) is 20.5. The van der Waals surface area contributed by atoms with E-state index < -0.39 is 17.0 Å². The maximum atomic E-state index is 14.3. The molecule has 2 aromatic rings. The first kappa shape index (κ1) is 21.3. The average Bonchev–Trinajstić information content (AvgIpc) is 2.56. The fourth-order valence-electron chi connectivity index (χ4n) is 3.70. The Morgan fingerprint density at radius 1 is 0.889 bits per heavy atom. The van der Waals surface area contributed by atoms with Crippen molar-refractivity contribution in [3.8, 4) is 0 Å². The highest BCUT2D eigenvalue weighted by Gasteiger charge is 2.54. The first-order valence-electron chi connectivity index (χ1n) is 9.24. The third-order valence-electron chi connectivity index (χ3n) is 5.64. The topological polar surface area (TPSA) is 0 Å². The van der Waals surface area contributed by atoms with Crippen molar-refractivity contribution in [3.63, 3.8) is 0 Å². The van der Waals surface area contributed by atoms with Crippen LogP contribution in [0.1, 0.15) is 48.1 Å². The number of aryl methyl sites for hydroxylation is 3. The van der Waals surface area contributed by atoms with Gasteiger partial charge in [-0.15, -0.1) is 6.58 Å². The minimum absolute atomic E-state index is 0.0526. The molecule has 0 N–H and O–H groups in total. The Bertz CT molecular complexity index is 797. The number of alkyl halides is 3. The van der Waals surface area contributed by atoms with Crippen molar-refractivity contribution in [2.45, 2.75) is 59.1 Å². The van der Waals surface area contributed by atoms with Gasteiger partial charge in [0.2, 0.25) is 0 Å². The molecule has 0 radical (unpaired) electrons. The molecule has 0 aliphatic rings. The Morgan fingerprint density at radius 2 is 1.48 bits per heavy atom. The Morgan fingerprint density at radius 3 is 1.96 bits per heavy atom. The number of hydrogen-bond donors (Lipinski definition) is 0. The first-order chi connectivity index (χ1) is 12.4. The van der Waals surface area contributed by atoms with Crippen molar-refractivity contribution in [2.75, 3.05) is 0 Å². The average molecular weight is 374 g/mol. The highest BCUT2D eigenvalue weighted by molar-refractivity contribution is 5.33. The van der Waals surface area contributed by atoms with Crippen LogP contribution >= 0.6 is 0 Å². The lowest BCUT2D eigenvalue weighted by Crippen LogP contribution is -2.43. The lowest BCUT2D eigenvalue weighted by atomic mass is 9.66. The second-order valence-electron chi connectivity index (χ2n) is 8.38. The van der Waals surface area contributed by atoms with E-state index in [0.717, 1.165) is 28.3 Å². The van der Waals surface area contributed by atoms with Crippen molar-refractivity contribution >= 4 is 0 Å². The lowest BCUT2D eigenvalue weighted by molar-refractivity contribution is -0.212. The zero-order valence-corrected chi connectivity index (χ0v) is 16.9. The molecule has 1 atom stereocenters.